The predicted molar refractivity (Wildman–Crippen MR) is 77.5 cm³/mol. The van der Waals surface area contributed by atoms with E-state index in [0.29, 0.717) is 23.3 Å². The highest BCUT2D eigenvalue weighted by molar-refractivity contribution is 7.91. The second-order valence-electron chi connectivity index (χ2n) is 6.67. The maximum absolute atomic E-state index is 11.7. The van der Waals surface area contributed by atoms with Gasteiger partial charge in [-0.05, 0) is 64.8 Å². The zero-order valence-corrected chi connectivity index (χ0v) is 13.1. The van der Waals surface area contributed by atoms with Crippen molar-refractivity contribution in [3.05, 3.63) is 0 Å². The standard InChI is InChI=1S/C14H29NO2S/c1-5-9-18(16,17)10-8-12-6-7-13(12)11-15-14(2,3)4/h12-13,15H,5-11H2,1-4H3. The van der Waals surface area contributed by atoms with Gasteiger partial charge in [0.25, 0.3) is 0 Å². The summed E-state index contributed by atoms with van der Waals surface area (Å²) in [7, 11) is -2.79. The molecule has 0 saturated heterocycles. The topological polar surface area (TPSA) is 46.2 Å². The van der Waals surface area contributed by atoms with Crippen molar-refractivity contribution >= 4 is 9.84 Å². The van der Waals surface area contributed by atoms with Crippen LogP contribution in [0.3, 0.4) is 0 Å². The zero-order valence-electron chi connectivity index (χ0n) is 12.3. The molecule has 0 aromatic heterocycles. The van der Waals surface area contributed by atoms with Crippen molar-refractivity contribution in [1.29, 1.82) is 0 Å². The molecule has 0 heterocycles. The van der Waals surface area contributed by atoms with Gasteiger partial charge >= 0.3 is 0 Å². The summed E-state index contributed by atoms with van der Waals surface area (Å²) in [6, 6.07) is 0. The van der Waals surface area contributed by atoms with Gasteiger partial charge < -0.3 is 5.32 Å². The Hall–Kier alpha value is -0.0900. The van der Waals surface area contributed by atoms with Gasteiger partial charge in [-0.3, -0.25) is 0 Å². The van der Waals surface area contributed by atoms with Crippen molar-refractivity contribution in [2.75, 3.05) is 18.1 Å². The van der Waals surface area contributed by atoms with Crippen LogP contribution in [0.15, 0.2) is 0 Å². The highest BCUT2D eigenvalue weighted by Gasteiger charge is 2.31. The molecule has 0 aliphatic heterocycles. The summed E-state index contributed by atoms with van der Waals surface area (Å²) in [6.07, 6.45) is 4.06. The smallest absolute Gasteiger partial charge is 0.150 e. The van der Waals surface area contributed by atoms with Crippen LogP contribution in [0.25, 0.3) is 0 Å². The van der Waals surface area contributed by atoms with Crippen LogP contribution in [-0.2, 0) is 9.84 Å². The highest BCUT2D eigenvalue weighted by atomic mass is 32.2. The summed E-state index contributed by atoms with van der Waals surface area (Å²) in [5, 5.41) is 3.53. The fourth-order valence-electron chi connectivity index (χ4n) is 2.47. The average molecular weight is 275 g/mol. The van der Waals surface area contributed by atoms with Crippen LogP contribution in [0, 0.1) is 11.8 Å². The van der Waals surface area contributed by atoms with Crippen molar-refractivity contribution in [3.8, 4) is 0 Å². The molecule has 1 saturated carbocycles. The van der Waals surface area contributed by atoms with Crippen molar-refractivity contribution in [2.24, 2.45) is 11.8 Å². The molecule has 2 unspecified atom stereocenters. The summed E-state index contributed by atoms with van der Waals surface area (Å²) in [5.74, 6) is 2.04. The molecule has 1 fully saturated rings. The molecule has 0 aromatic carbocycles. The lowest BCUT2D eigenvalue weighted by Gasteiger charge is -2.38. The Morgan fingerprint density at radius 1 is 1.11 bits per heavy atom. The molecular formula is C14H29NO2S. The molecule has 0 bridgehead atoms. The molecular weight excluding hydrogens is 246 g/mol. The molecule has 1 aliphatic rings. The lowest BCUT2D eigenvalue weighted by molar-refractivity contribution is 0.156. The number of sulfone groups is 1. The van der Waals surface area contributed by atoms with Crippen LogP contribution in [0.2, 0.25) is 0 Å². The molecule has 1 aliphatic carbocycles. The van der Waals surface area contributed by atoms with Crippen molar-refractivity contribution in [1.82, 2.24) is 5.32 Å². The number of hydrogen-bond acceptors (Lipinski definition) is 3. The van der Waals surface area contributed by atoms with E-state index in [1.807, 2.05) is 6.92 Å². The first kappa shape index (κ1) is 16.0. The van der Waals surface area contributed by atoms with Crippen LogP contribution >= 0.6 is 0 Å². The first-order chi connectivity index (χ1) is 8.23. The molecule has 108 valence electrons. The second kappa shape index (κ2) is 6.38. The van der Waals surface area contributed by atoms with E-state index in [0.717, 1.165) is 19.4 Å². The van der Waals surface area contributed by atoms with Crippen LogP contribution in [0.4, 0.5) is 0 Å². The number of hydrogen-bond donors (Lipinski definition) is 1. The van der Waals surface area contributed by atoms with E-state index in [-0.39, 0.29) is 5.54 Å². The second-order valence-corrected chi connectivity index (χ2v) is 8.97. The van der Waals surface area contributed by atoms with Gasteiger partial charge in [0.2, 0.25) is 0 Å². The van der Waals surface area contributed by atoms with Crippen LogP contribution in [0.1, 0.15) is 53.4 Å². The highest BCUT2D eigenvalue weighted by Crippen LogP contribution is 2.36. The van der Waals surface area contributed by atoms with Gasteiger partial charge in [-0.2, -0.15) is 0 Å². The van der Waals surface area contributed by atoms with Crippen LogP contribution < -0.4 is 5.32 Å². The summed E-state index contributed by atoms with van der Waals surface area (Å²) < 4.78 is 23.4. The summed E-state index contributed by atoms with van der Waals surface area (Å²) in [6.45, 7) is 9.48. The summed E-state index contributed by atoms with van der Waals surface area (Å²) in [5.41, 5.74) is 0.161. The largest absolute Gasteiger partial charge is 0.312 e. The van der Waals surface area contributed by atoms with Crippen LogP contribution in [-0.4, -0.2) is 32.0 Å². The Balaban J connectivity index is 2.28. The Kier molecular flexibility index (Phi) is 5.66. The molecule has 0 spiro atoms. The fraction of sp³-hybridized carbons (Fsp3) is 1.00. The molecule has 0 amide bonds. The van der Waals surface area contributed by atoms with Crippen LogP contribution in [0.5, 0.6) is 0 Å². The maximum Gasteiger partial charge on any atom is 0.150 e. The Morgan fingerprint density at radius 2 is 1.72 bits per heavy atom. The van der Waals surface area contributed by atoms with E-state index in [2.05, 4.69) is 26.1 Å². The molecule has 3 nitrogen and oxygen atoms in total. The maximum atomic E-state index is 11.7. The van der Waals surface area contributed by atoms with E-state index in [1.54, 1.807) is 0 Å². The average Bonchev–Trinajstić information content (AvgIpc) is 2.13. The SMILES string of the molecule is CCCS(=O)(=O)CCC1CCC1CNC(C)(C)C. The van der Waals surface area contributed by atoms with Gasteiger partial charge in [-0.15, -0.1) is 0 Å². The van der Waals surface area contributed by atoms with Gasteiger partial charge in [0.15, 0.2) is 0 Å². The summed E-state index contributed by atoms with van der Waals surface area (Å²) in [4.78, 5) is 0. The van der Waals surface area contributed by atoms with E-state index in [4.69, 9.17) is 0 Å². The lowest BCUT2D eigenvalue weighted by atomic mass is 9.72. The molecule has 4 heteroatoms. The van der Waals surface area contributed by atoms with Gasteiger partial charge in [-0.1, -0.05) is 6.92 Å². The predicted octanol–water partition coefficient (Wildman–Crippen LogP) is 2.62. The molecule has 0 aromatic rings. The minimum absolute atomic E-state index is 0.161. The molecule has 0 radical (unpaired) electrons. The summed E-state index contributed by atoms with van der Waals surface area (Å²) >= 11 is 0. The van der Waals surface area contributed by atoms with Crippen molar-refractivity contribution < 1.29 is 8.42 Å². The van der Waals surface area contributed by atoms with Crippen molar-refractivity contribution in [3.63, 3.8) is 0 Å². The molecule has 1 rings (SSSR count). The first-order valence-electron chi connectivity index (χ1n) is 7.19. The zero-order chi connectivity index (χ0) is 13.8. The number of rotatable bonds is 7. The third kappa shape index (κ3) is 5.70. The Morgan fingerprint density at radius 3 is 2.17 bits per heavy atom. The monoisotopic (exact) mass is 275 g/mol. The molecule has 2 atom stereocenters. The van der Waals surface area contributed by atoms with E-state index < -0.39 is 9.84 Å². The van der Waals surface area contributed by atoms with Gasteiger partial charge in [0.05, 0.1) is 5.75 Å². The van der Waals surface area contributed by atoms with Gasteiger partial charge in [0.1, 0.15) is 9.84 Å². The quantitative estimate of drug-likeness (QED) is 0.777. The minimum Gasteiger partial charge on any atom is -0.312 e. The normalized spacial score (nSPS) is 24.9. The minimum atomic E-state index is -2.79. The van der Waals surface area contributed by atoms with Crippen molar-refractivity contribution in [2.45, 2.75) is 58.9 Å². The fourth-order valence-corrected chi connectivity index (χ4v) is 3.96. The van der Waals surface area contributed by atoms with Gasteiger partial charge in [-0.25, -0.2) is 8.42 Å². The van der Waals surface area contributed by atoms with E-state index >= 15 is 0 Å². The van der Waals surface area contributed by atoms with E-state index in [1.165, 1.54) is 12.8 Å². The Bertz CT molecular complexity index is 343. The third-order valence-corrected chi connectivity index (χ3v) is 5.67. The third-order valence-electron chi connectivity index (χ3n) is 3.78. The lowest BCUT2D eigenvalue weighted by Crippen LogP contribution is -2.44. The first-order valence-corrected chi connectivity index (χ1v) is 9.01. The van der Waals surface area contributed by atoms with E-state index in [9.17, 15) is 8.42 Å². The van der Waals surface area contributed by atoms with Gasteiger partial charge in [0, 0.05) is 11.3 Å². The molecule has 1 N–H and O–H groups in total. The Labute approximate surface area is 113 Å². The number of nitrogens with one attached hydrogen (secondary N) is 1. The molecule has 18 heavy (non-hydrogen) atoms.